The minimum Gasteiger partial charge on any atom is -0.401 e. The molecule has 0 amide bonds. The molecule has 26 heavy (non-hydrogen) atoms. The third-order valence-electron chi connectivity index (χ3n) is 6.29. The number of hydrogen-bond acceptors (Lipinski definition) is 2. The molecule has 2 fully saturated rings. The van der Waals surface area contributed by atoms with E-state index in [0.717, 1.165) is 12.1 Å². The maximum atomic E-state index is 2.89. The summed E-state index contributed by atoms with van der Waals surface area (Å²) < 4.78 is 5.79. The van der Waals surface area contributed by atoms with E-state index in [4.69, 9.17) is 0 Å². The quantitative estimate of drug-likeness (QED) is 0.671. The Morgan fingerprint density at radius 1 is 0.538 bits per heavy atom. The Labute approximate surface area is 163 Å². The monoisotopic (exact) mass is 380 g/mol. The Morgan fingerprint density at radius 3 is 1.23 bits per heavy atom. The summed E-state index contributed by atoms with van der Waals surface area (Å²) in [5, 5.41) is 0. The molecule has 2 aromatic carbocycles. The van der Waals surface area contributed by atoms with Gasteiger partial charge in [-0.2, -0.15) is 0 Å². The van der Waals surface area contributed by atoms with Crippen LogP contribution in [-0.4, -0.2) is 30.5 Å². The zero-order valence-corrected chi connectivity index (χ0v) is 18.7. The van der Waals surface area contributed by atoms with Gasteiger partial charge in [0, 0.05) is 23.5 Å². The van der Waals surface area contributed by atoms with Crippen LogP contribution in [0.4, 0.5) is 11.4 Å². The third kappa shape index (κ3) is 4.23. The predicted molar refractivity (Wildman–Crippen MR) is 119 cm³/mol. The van der Waals surface area contributed by atoms with Crippen LogP contribution in [0.3, 0.4) is 0 Å². The Morgan fingerprint density at radius 2 is 0.885 bits per heavy atom. The zero-order valence-electron chi connectivity index (χ0n) is 15.9. The zero-order chi connectivity index (χ0) is 17.6. The molecular formula is C22H32N2Si2. The van der Waals surface area contributed by atoms with Gasteiger partial charge in [-0.1, -0.05) is 62.1 Å². The first-order valence-corrected chi connectivity index (χ1v) is 15.8. The van der Waals surface area contributed by atoms with Gasteiger partial charge in [-0.25, -0.2) is 0 Å². The van der Waals surface area contributed by atoms with Gasteiger partial charge in [0.1, 0.15) is 18.4 Å². The number of anilines is 2. The average Bonchev–Trinajstić information content (AvgIpc) is 3.41. The highest BCUT2D eigenvalue weighted by Gasteiger charge is 2.27. The van der Waals surface area contributed by atoms with Crippen LogP contribution in [0.15, 0.2) is 60.7 Å². The summed E-state index contributed by atoms with van der Waals surface area (Å²) in [7, 11) is -0.458. The molecule has 2 saturated carbocycles. The Hall–Kier alpha value is -1.53. The molecule has 2 aliphatic rings. The fourth-order valence-corrected chi connectivity index (χ4v) is 12.8. The molecular weight excluding hydrogens is 348 g/mol. The Kier molecular flexibility index (Phi) is 6.12. The van der Waals surface area contributed by atoms with Gasteiger partial charge in [0.05, 0.1) is 0 Å². The minimum atomic E-state index is -0.229. The molecule has 2 aromatic rings. The van der Waals surface area contributed by atoms with Crippen molar-refractivity contribution in [1.29, 1.82) is 0 Å². The summed E-state index contributed by atoms with van der Waals surface area (Å²) in [4.78, 5) is 0. The number of hydrogen-bond donors (Lipinski definition) is 0. The average molecular weight is 381 g/mol. The van der Waals surface area contributed by atoms with E-state index in [2.05, 4.69) is 69.8 Å². The van der Waals surface area contributed by atoms with Crippen molar-refractivity contribution in [3.05, 3.63) is 60.7 Å². The molecule has 4 heteroatoms. The molecule has 2 nitrogen and oxygen atoms in total. The molecule has 4 rings (SSSR count). The second kappa shape index (κ2) is 8.91. The SMILES string of the molecule is c1ccc(N([SiH2][SiH2]N(c2ccccc2)C2CCCC2)C2CCCC2)cc1. The highest BCUT2D eigenvalue weighted by atomic mass is 29.2. The van der Waals surface area contributed by atoms with Crippen LogP contribution in [-0.2, 0) is 0 Å². The van der Waals surface area contributed by atoms with E-state index < -0.39 is 0 Å². The van der Waals surface area contributed by atoms with E-state index in [9.17, 15) is 0 Å². The number of nitrogens with zero attached hydrogens (tertiary/aromatic N) is 2. The molecule has 0 bridgehead atoms. The Bertz CT molecular complexity index is 593. The van der Waals surface area contributed by atoms with E-state index in [1.807, 2.05) is 0 Å². The number of para-hydroxylation sites is 2. The van der Waals surface area contributed by atoms with E-state index in [1.165, 1.54) is 62.7 Å². The minimum absolute atomic E-state index is 0.229. The van der Waals surface area contributed by atoms with Crippen LogP contribution >= 0.6 is 0 Å². The first-order valence-electron chi connectivity index (χ1n) is 10.6. The van der Waals surface area contributed by atoms with Gasteiger partial charge >= 0.3 is 0 Å². The molecule has 0 radical (unpaired) electrons. The smallest absolute Gasteiger partial charge is 0.131 e. The van der Waals surface area contributed by atoms with Crippen LogP contribution in [0.2, 0.25) is 0 Å². The van der Waals surface area contributed by atoms with Crippen molar-refractivity contribution in [1.82, 2.24) is 0 Å². The summed E-state index contributed by atoms with van der Waals surface area (Å²) in [5.41, 5.74) is 3.00. The number of benzene rings is 2. The second-order valence-corrected chi connectivity index (χ2v) is 12.9. The molecule has 0 unspecified atom stereocenters. The summed E-state index contributed by atoms with van der Waals surface area (Å²) in [6.07, 6.45) is 11.3. The molecule has 0 aromatic heterocycles. The van der Waals surface area contributed by atoms with E-state index >= 15 is 0 Å². The van der Waals surface area contributed by atoms with Crippen molar-refractivity contribution < 1.29 is 0 Å². The highest BCUT2D eigenvalue weighted by Crippen LogP contribution is 2.30. The van der Waals surface area contributed by atoms with Crippen molar-refractivity contribution in [2.75, 3.05) is 9.13 Å². The van der Waals surface area contributed by atoms with Gasteiger partial charge in [-0.15, -0.1) is 0 Å². The van der Waals surface area contributed by atoms with Crippen molar-refractivity contribution in [3.8, 4) is 0 Å². The van der Waals surface area contributed by atoms with Gasteiger partial charge in [-0.3, -0.25) is 0 Å². The molecule has 0 atom stereocenters. The maximum Gasteiger partial charge on any atom is 0.131 e. The van der Waals surface area contributed by atoms with Crippen molar-refractivity contribution in [2.24, 2.45) is 0 Å². The van der Waals surface area contributed by atoms with Crippen LogP contribution in [0.25, 0.3) is 0 Å². The summed E-state index contributed by atoms with van der Waals surface area (Å²) in [6.45, 7) is 0. The molecule has 0 aliphatic heterocycles. The maximum absolute atomic E-state index is 2.89. The molecule has 2 aliphatic carbocycles. The standard InChI is InChI=1S/C22H32N2Si2/c1-3-11-19(12-4-1)23(21-15-7-8-16-21)25-26-24(22-17-9-10-18-22)20-13-5-2-6-14-20/h1-6,11-14,21-22H,7-10,15-18,25-26H2. The fraction of sp³-hybridized carbons (Fsp3) is 0.455. The Balaban J connectivity index is 1.52. The van der Waals surface area contributed by atoms with Crippen LogP contribution < -0.4 is 9.13 Å². The van der Waals surface area contributed by atoms with Crippen LogP contribution in [0, 0.1) is 0 Å². The lowest BCUT2D eigenvalue weighted by Crippen LogP contribution is -2.48. The van der Waals surface area contributed by atoms with Crippen LogP contribution in [0.1, 0.15) is 51.4 Å². The predicted octanol–water partition coefficient (Wildman–Crippen LogP) is 3.97. The van der Waals surface area contributed by atoms with Crippen molar-refractivity contribution in [2.45, 2.75) is 63.5 Å². The summed E-state index contributed by atoms with van der Waals surface area (Å²) in [5.74, 6) is 0. The third-order valence-corrected chi connectivity index (χ3v) is 12.7. The van der Waals surface area contributed by atoms with Crippen LogP contribution in [0.5, 0.6) is 0 Å². The van der Waals surface area contributed by atoms with Gasteiger partial charge < -0.3 is 9.13 Å². The summed E-state index contributed by atoms with van der Waals surface area (Å²) in [6, 6.07) is 24.2. The van der Waals surface area contributed by atoms with Crippen molar-refractivity contribution in [3.63, 3.8) is 0 Å². The van der Waals surface area contributed by atoms with E-state index in [1.54, 1.807) is 0 Å². The van der Waals surface area contributed by atoms with Gasteiger partial charge in [0.15, 0.2) is 0 Å². The molecule has 0 N–H and O–H groups in total. The van der Waals surface area contributed by atoms with Gasteiger partial charge in [-0.05, 0) is 49.9 Å². The topological polar surface area (TPSA) is 6.48 Å². The molecule has 0 spiro atoms. The van der Waals surface area contributed by atoms with E-state index in [0.29, 0.717) is 0 Å². The lowest BCUT2D eigenvalue weighted by Gasteiger charge is -2.37. The van der Waals surface area contributed by atoms with Gasteiger partial charge in [0.25, 0.3) is 0 Å². The normalized spacial score (nSPS) is 19.2. The molecule has 0 heterocycles. The molecule has 138 valence electrons. The lowest BCUT2D eigenvalue weighted by atomic mass is 10.2. The second-order valence-electron chi connectivity index (χ2n) is 7.93. The number of rotatable bonds is 7. The van der Waals surface area contributed by atoms with Gasteiger partial charge in [0.2, 0.25) is 0 Å². The summed E-state index contributed by atoms with van der Waals surface area (Å²) >= 11 is 0. The van der Waals surface area contributed by atoms with Crippen molar-refractivity contribution >= 4 is 29.8 Å². The van der Waals surface area contributed by atoms with E-state index in [-0.39, 0.29) is 18.4 Å². The lowest BCUT2D eigenvalue weighted by molar-refractivity contribution is 0.696. The molecule has 0 saturated heterocycles. The first kappa shape index (κ1) is 17.9. The first-order chi connectivity index (χ1) is 12.9. The largest absolute Gasteiger partial charge is 0.401 e. The highest BCUT2D eigenvalue weighted by molar-refractivity contribution is 7.04. The fourth-order valence-electron chi connectivity index (χ4n) is 4.93.